The molecule has 4 rings (SSSR count). The molecule has 0 radical (unpaired) electrons. The molecule has 1 N–H and O–H groups in total. The Balaban J connectivity index is 1.76. The molecule has 0 saturated carbocycles. The summed E-state index contributed by atoms with van der Waals surface area (Å²) >= 11 is 0. The van der Waals surface area contributed by atoms with E-state index in [4.69, 9.17) is 4.74 Å². The Bertz CT molecular complexity index is 1450. The van der Waals surface area contributed by atoms with Gasteiger partial charge in [0.2, 0.25) is 5.91 Å². The summed E-state index contributed by atoms with van der Waals surface area (Å²) in [5, 5.41) is 18.4. The van der Waals surface area contributed by atoms with E-state index in [0.29, 0.717) is 45.8 Å². The first-order chi connectivity index (χ1) is 18.3. The minimum absolute atomic E-state index is 0.0982. The van der Waals surface area contributed by atoms with Gasteiger partial charge in [-0.05, 0) is 56.0 Å². The van der Waals surface area contributed by atoms with Gasteiger partial charge in [-0.3, -0.25) is 9.59 Å². The maximum atomic E-state index is 13.7. The van der Waals surface area contributed by atoms with Crippen LogP contribution < -0.4 is 10.2 Å². The van der Waals surface area contributed by atoms with E-state index in [2.05, 4.69) is 22.3 Å². The lowest BCUT2D eigenvalue weighted by Crippen LogP contribution is -2.27. The van der Waals surface area contributed by atoms with Crippen molar-refractivity contribution in [1.82, 2.24) is 5.17 Å². The maximum absolute atomic E-state index is 13.7. The zero-order valence-electron chi connectivity index (χ0n) is 21.6. The Kier molecular flexibility index (Phi) is 7.74. The van der Waals surface area contributed by atoms with Crippen LogP contribution in [-0.4, -0.2) is 35.8 Å². The van der Waals surface area contributed by atoms with Gasteiger partial charge in [0.05, 0.1) is 35.2 Å². The number of esters is 1. The van der Waals surface area contributed by atoms with Gasteiger partial charge >= 0.3 is 5.97 Å². The van der Waals surface area contributed by atoms with Crippen molar-refractivity contribution < 1.29 is 19.1 Å². The Morgan fingerprint density at radius 2 is 1.71 bits per heavy atom. The minimum atomic E-state index is -0.580. The van der Waals surface area contributed by atoms with Crippen molar-refractivity contribution in [3.63, 3.8) is 0 Å². The molecule has 2 aliphatic rings. The molecule has 0 bridgehead atoms. The van der Waals surface area contributed by atoms with Crippen LogP contribution in [0.5, 0.6) is 0 Å². The number of amides is 2. The van der Waals surface area contributed by atoms with Crippen molar-refractivity contribution in [1.29, 1.82) is 0 Å². The van der Waals surface area contributed by atoms with Gasteiger partial charge in [-0.15, -0.1) is 5.92 Å². The van der Waals surface area contributed by atoms with Crippen molar-refractivity contribution in [2.45, 2.75) is 40.0 Å². The molecular formula is C29H27N4O5-. The second-order valence-corrected chi connectivity index (χ2v) is 8.75. The van der Waals surface area contributed by atoms with Crippen LogP contribution in [0, 0.1) is 30.9 Å². The van der Waals surface area contributed by atoms with E-state index < -0.39 is 17.8 Å². The summed E-state index contributed by atoms with van der Waals surface area (Å²) in [4.78, 5) is 39.9. The quantitative estimate of drug-likeness (QED) is 0.457. The lowest BCUT2D eigenvalue weighted by Gasteiger charge is -2.27. The first-order valence-corrected chi connectivity index (χ1v) is 12.1. The van der Waals surface area contributed by atoms with Crippen LogP contribution in [0.15, 0.2) is 53.9 Å². The van der Waals surface area contributed by atoms with Crippen molar-refractivity contribution in [2.24, 2.45) is 5.10 Å². The molecule has 194 valence electrons. The molecule has 2 aromatic carbocycles. The summed E-state index contributed by atoms with van der Waals surface area (Å²) in [6.07, 6.45) is 9.01. The number of nitrogens with one attached hydrogen (secondary N) is 1. The van der Waals surface area contributed by atoms with E-state index in [1.165, 1.54) is 7.11 Å². The average molecular weight is 512 g/mol. The summed E-state index contributed by atoms with van der Waals surface area (Å²) in [6.45, 7) is 5.28. The molecule has 9 nitrogen and oxygen atoms in total. The summed E-state index contributed by atoms with van der Waals surface area (Å²) in [7, 11) is 1.30. The largest absolute Gasteiger partial charge is 0.735 e. The second kappa shape index (κ2) is 11.2. The molecule has 0 aliphatic carbocycles. The van der Waals surface area contributed by atoms with Crippen molar-refractivity contribution in [2.75, 3.05) is 17.3 Å². The molecule has 0 atom stereocenters. The molecular weight excluding hydrogens is 484 g/mol. The third-order valence-electron chi connectivity index (χ3n) is 6.37. The summed E-state index contributed by atoms with van der Waals surface area (Å²) in [5.41, 5.74) is 4.51. The Morgan fingerprint density at radius 3 is 2.32 bits per heavy atom. The molecule has 2 aliphatic heterocycles. The van der Waals surface area contributed by atoms with Crippen LogP contribution in [0.4, 0.5) is 11.4 Å². The van der Waals surface area contributed by atoms with Crippen LogP contribution in [0.25, 0.3) is 0 Å². The number of anilines is 2. The van der Waals surface area contributed by atoms with E-state index in [0.717, 1.165) is 6.42 Å². The normalized spacial score (nSPS) is 14.6. The summed E-state index contributed by atoms with van der Waals surface area (Å²) in [5.74, 6) is 4.19. The number of hydrogen-bond donors (Lipinski definition) is 1. The van der Waals surface area contributed by atoms with Crippen LogP contribution in [0.1, 0.15) is 69.2 Å². The summed E-state index contributed by atoms with van der Waals surface area (Å²) in [6, 6.07) is 6.82. The van der Waals surface area contributed by atoms with Crippen LogP contribution in [0.3, 0.4) is 0 Å². The number of allylic oxidation sites excluding steroid dienone is 2. The highest BCUT2D eigenvalue weighted by atomic mass is 16.5. The molecule has 0 unspecified atom stereocenters. The van der Waals surface area contributed by atoms with Gasteiger partial charge in [0.1, 0.15) is 0 Å². The number of rotatable bonds is 5. The van der Waals surface area contributed by atoms with E-state index in [-0.39, 0.29) is 22.7 Å². The number of carbonyl (C=O) groups excluding carboxylic acids is 3. The van der Waals surface area contributed by atoms with E-state index in [1.807, 2.05) is 43.3 Å². The van der Waals surface area contributed by atoms with Gasteiger partial charge in [-0.2, -0.15) is 5.10 Å². The number of methoxy groups -OCH3 is 1. The van der Waals surface area contributed by atoms with Gasteiger partial charge in [-0.1, -0.05) is 30.2 Å². The smallest absolute Gasteiger partial charge is 0.339 e. The Morgan fingerprint density at radius 1 is 1.05 bits per heavy atom. The molecule has 2 aromatic rings. The SMILES string of the molecule is CC#Cc1c(C(=O)Nc2ccc(C3=NN([O-])C(=O)CC3)cc2)c(C)c(N2C=CCC=C2)c(C)c1C(=O)OC. The highest BCUT2D eigenvalue weighted by Gasteiger charge is 2.29. The summed E-state index contributed by atoms with van der Waals surface area (Å²) < 4.78 is 5.07. The number of nitrogens with zero attached hydrogens (tertiary/aromatic N) is 3. The van der Waals surface area contributed by atoms with Crippen LogP contribution in [0.2, 0.25) is 0 Å². The molecule has 38 heavy (non-hydrogen) atoms. The van der Waals surface area contributed by atoms with Gasteiger partial charge in [-0.25, -0.2) is 4.79 Å². The first kappa shape index (κ1) is 26.4. The number of benzene rings is 2. The van der Waals surface area contributed by atoms with Crippen molar-refractivity contribution >= 4 is 34.9 Å². The molecule has 0 aromatic heterocycles. The topological polar surface area (TPSA) is 114 Å². The molecule has 0 fully saturated rings. The zero-order valence-corrected chi connectivity index (χ0v) is 21.6. The number of hydroxylamine groups is 1. The van der Waals surface area contributed by atoms with Crippen LogP contribution >= 0.6 is 0 Å². The maximum Gasteiger partial charge on any atom is 0.339 e. The lowest BCUT2D eigenvalue weighted by molar-refractivity contribution is -0.129. The van der Waals surface area contributed by atoms with Gasteiger partial charge < -0.3 is 25.3 Å². The second-order valence-electron chi connectivity index (χ2n) is 8.75. The fraction of sp³-hybridized carbons (Fsp3) is 0.241. The number of hydrogen-bond acceptors (Lipinski definition) is 7. The molecule has 9 heteroatoms. The van der Waals surface area contributed by atoms with E-state index in [1.54, 1.807) is 31.2 Å². The molecule has 0 saturated heterocycles. The first-order valence-electron chi connectivity index (χ1n) is 12.1. The third kappa shape index (κ3) is 5.08. The zero-order chi connectivity index (χ0) is 27.4. The van der Waals surface area contributed by atoms with Crippen molar-refractivity contribution in [3.05, 3.63) is 87.4 Å². The van der Waals surface area contributed by atoms with E-state index >= 15 is 0 Å². The highest BCUT2D eigenvalue weighted by molar-refractivity contribution is 6.12. The number of ether oxygens (including phenoxy) is 1. The minimum Gasteiger partial charge on any atom is -0.735 e. The Labute approximate surface area is 221 Å². The number of hydrazone groups is 1. The predicted molar refractivity (Wildman–Crippen MR) is 146 cm³/mol. The number of carbonyl (C=O) groups is 3. The van der Waals surface area contributed by atoms with Gasteiger partial charge in [0, 0.05) is 30.9 Å². The van der Waals surface area contributed by atoms with Gasteiger partial charge in [0.15, 0.2) is 0 Å². The lowest BCUT2D eigenvalue weighted by atomic mass is 9.89. The van der Waals surface area contributed by atoms with Gasteiger partial charge in [0.25, 0.3) is 5.91 Å². The third-order valence-corrected chi connectivity index (χ3v) is 6.37. The van der Waals surface area contributed by atoms with Crippen LogP contribution in [-0.2, 0) is 9.53 Å². The van der Waals surface area contributed by atoms with E-state index in [9.17, 15) is 19.6 Å². The van der Waals surface area contributed by atoms with Crippen molar-refractivity contribution in [3.8, 4) is 11.8 Å². The highest BCUT2D eigenvalue weighted by Crippen LogP contribution is 2.36. The molecule has 2 heterocycles. The average Bonchev–Trinajstić information content (AvgIpc) is 2.91. The fourth-order valence-electron chi connectivity index (χ4n) is 4.60. The molecule has 0 spiro atoms. The monoisotopic (exact) mass is 511 g/mol. The Hall–Kier alpha value is -4.68. The predicted octanol–water partition coefficient (Wildman–Crippen LogP) is 4.78. The standard InChI is InChI=1S/C29H27N4O5/c1-5-9-22-25(18(2)27(32-16-7-6-8-17-32)19(3)26(22)29(36)38-4)28(35)30-21-12-10-20(11-13-21)23-14-15-24(34)33(37)31-23/h7-8,10-13,16-17H,6,14-15H2,1-4H3,(H,30,35)/q-1. The fourth-order valence-corrected chi connectivity index (χ4v) is 4.60. The molecule has 2 amide bonds.